The fourth-order valence-electron chi connectivity index (χ4n) is 1.49. The first-order chi connectivity index (χ1) is 5.20. The maximum Gasteiger partial charge on any atom is 0.0183 e. The van der Waals surface area contributed by atoms with Crippen LogP contribution in [0.5, 0.6) is 0 Å². The second-order valence-electron chi connectivity index (χ2n) is 3.66. The van der Waals surface area contributed by atoms with Crippen molar-refractivity contribution in [3.8, 4) is 0 Å². The molecule has 0 saturated carbocycles. The number of hydrogen-bond acceptors (Lipinski definition) is 2. The molecular formula is C9H19NS. The molecule has 1 heterocycles. The smallest absolute Gasteiger partial charge is 0.0183 e. The molecule has 1 unspecified atom stereocenters. The van der Waals surface area contributed by atoms with E-state index >= 15 is 0 Å². The standard InChI is InChI=1S/C9H19NS/c1-8(2)11-7-9-5-4-6-10(9)3/h8-9H,4-7H2,1-3H3. The van der Waals surface area contributed by atoms with Crippen LogP contribution < -0.4 is 0 Å². The molecule has 0 spiro atoms. The Morgan fingerprint density at radius 3 is 2.73 bits per heavy atom. The van der Waals surface area contributed by atoms with Gasteiger partial charge in [0.2, 0.25) is 0 Å². The van der Waals surface area contributed by atoms with Crippen molar-refractivity contribution in [3.05, 3.63) is 0 Å². The van der Waals surface area contributed by atoms with Crippen LogP contribution in [0.25, 0.3) is 0 Å². The Morgan fingerprint density at radius 1 is 1.55 bits per heavy atom. The minimum absolute atomic E-state index is 0.795. The average Bonchev–Trinajstić information content (AvgIpc) is 2.31. The van der Waals surface area contributed by atoms with Gasteiger partial charge in [-0.1, -0.05) is 13.8 Å². The van der Waals surface area contributed by atoms with Crippen LogP contribution in [0.4, 0.5) is 0 Å². The SMILES string of the molecule is CC(C)SCC1CCCN1C. The van der Waals surface area contributed by atoms with Gasteiger partial charge in [-0.15, -0.1) is 0 Å². The normalized spacial score (nSPS) is 26.7. The molecule has 1 fully saturated rings. The third-order valence-electron chi connectivity index (χ3n) is 2.29. The summed E-state index contributed by atoms with van der Waals surface area (Å²) < 4.78 is 0. The van der Waals surface area contributed by atoms with Crippen LogP contribution in [-0.2, 0) is 0 Å². The van der Waals surface area contributed by atoms with Crippen molar-refractivity contribution in [2.45, 2.75) is 38.0 Å². The fraction of sp³-hybridized carbons (Fsp3) is 1.00. The maximum absolute atomic E-state index is 2.50. The lowest BCUT2D eigenvalue weighted by atomic mass is 10.2. The van der Waals surface area contributed by atoms with Crippen LogP contribution in [0.1, 0.15) is 26.7 Å². The lowest BCUT2D eigenvalue weighted by molar-refractivity contribution is 0.335. The highest BCUT2D eigenvalue weighted by atomic mass is 32.2. The van der Waals surface area contributed by atoms with Gasteiger partial charge in [-0.2, -0.15) is 11.8 Å². The monoisotopic (exact) mass is 173 g/mol. The Kier molecular flexibility index (Phi) is 3.73. The van der Waals surface area contributed by atoms with E-state index in [4.69, 9.17) is 0 Å². The molecule has 1 rings (SSSR count). The van der Waals surface area contributed by atoms with E-state index < -0.39 is 0 Å². The Labute approximate surface area is 74.5 Å². The minimum Gasteiger partial charge on any atom is -0.303 e. The lowest BCUT2D eigenvalue weighted by Crippen LogP contribution is -2.27. The number of likely N-dealkylation sites (tertiary alicyclic amines) is 1. The van der Waals surface area contributed by atoms with Gasteiger partial charge in [0.05, 0.1) is 0 Å². The molecule has 11 heavy (non-hydrogen) atoms. The molecule has 0 aromatic rings. The quantitative estimate of drug-likeness (QED) is 0.644. The number of thioether (sulfide) groups is 1. The van der Waals surface area contributed by atoms with Crippen molar-refractivity contribution >= 4 is 11.8 Å². The Hall–Kier alpha value is 0.310. The van der Waals surface area contributed by atoms with Crippen LogP contribution in [-0.4, -0.2) is 35.5 Å². The molecular weight excluding hydrogens is 154 g/mol. The molecule has 2 heteroatoms. The van der Waals surface area contributed by atoms with E-state index in [0.29, 0.717) is 0 Å². The molecule has 66 valence electrons. The predicted molar refractivity (Wildman–Crippen MR) is 53.2 cm³/mol. The summed E-state index contributed by atoms with van der Waals surface area (Å²) in [5.74, 6) is 1.33. The van der Waals surface area contributed by atoms with Gasteiger partial charge in [0.15, 0.2) is 0 Å². The second-order valence-corrected chi connectivity index (χ2v) is 5.27. The molecule has 1 aliphatic rings. The van der Waals surface area contributed by atoms with Gasteiger partial charge in [-0.3, -0.25) is 0 Å². The van der Waals surface area contributed by atoms with E-state index in [1.54, 1.807) is 0 Å². The molecule has 0 amide bonds. The van der Waals surface area contributed by atoms with E-state index in [0.717, 1.165) is 11.3 Å². The Morgan fingerprint density at radius 2 is 2.27 bits per heavy atom. The van der Waals surface area contributed by atoms with Crippen LogP contribution >= 0.6 is 11.8 Å². The van der Waals surface area contributed by atoms with Crippen LogP contribution in [0.15, 0.2) is 0 Å². The third kappa shape index (κ3) is 3.04. The first-order valence-electron chi connectivity index (χ1n) is 4.52. The summed E-state index contributed by atoms with van der Waals surface area (Å²) in [7, 11) is 2.25. The summed E-state index contributed by atoms with van der Waals surface area (Å²) in [4.78, 5) is 2.50. The van der Waals surface area contributed by atoms with Gasteiger partial charge in [0.1, 0.15) is 0 Å². The summed E-state index contributed by atoms with van der Waals surface area (Å²) in [5, 5.41) is 0.795. The van der Waals surface area contributed by atoms with Crippen molar-refractivity contribution in [1.29, 1.82) is 0 Å². The number of nitrogens with zero attached hydrogens (tertiary/aromatic N) is 1. The van der Waals surface area contributed by atoms with E-state index in [9.17, 15) is 0 Å². The topological polar surface area (TPSA) is 3.24 Å². The van der Waals surface area contributed by atoms with Gasteiger partial charge in [-0.05, 0) is 31.7 Å². The highest BCUT2D eigenvalue weighted by molar-refractivity contribution is 7.99. The average molecular weight is 173 g/mol. The van der Waals surface area contributed by atoms with Gasteiger partial charge < -0.3 is 4.90 Å². The van der Waals surface area contributed by atoms with E-state index in [-0.39, 0.29) is 0 Å². The molecule has 0 aromatic carbocycles. The maximum atomic E-state index is 2.50. The molecule has 1 aliphatic heterocycles. The summed E-state index contributed by atoms with van der Waals surface area (Å²) >= 11 is 2.09. The second kappa shape index (κ2) is 4.36. The zero-order valence-electron chi connectivity index (χ0n) is 7.84. The number of hydrogen-bond donors (Lipinski definition) is 0. The molecule has 0 aromatic heterocycles. The van der Waals surface area contributed by atoms with Crippen LogP contribution in [0, 0.1) is 0 Å². The molecule has 0 aliphatic carbocycles. The minimum atomic E-state index is 0.795. The van der Waals surface area contributed by atoms with E-state index in [1.807, 2.05) is 0 Å². The summed E-state index contributed by atoms with van der Waals surface area (Å²) in [6.07, 6.45) is 2.82. The number of rotatable bonds is 3. The van der Waals surface area contributed by atoms with Crippen molar-refractivity contribution in [2.75, 3.05) is 19.3 Å². The summed E-state index contributed by atoms with van der Waals surface area (Å²) in [6.45, 7) is 5.86. The molecule has 1 saturated heterocycles. The van der Waals surface area contributed by atoms with Gasteiger partial charge in [-0.25, -0.2) is 0 Å². The Balaban J connectivity index is 2.15. The molecule has 0 bridgehead atoms. The largest absolute Gasteiger partial charge is 0.303 e. The highest BCUT2D eigenvalue weighted by Gasteiger charge is 2.20. The zero-order chi connectivity index (χ0) is 8.27. The predicted octanol–water partition coefficient (Wildman–Crippen LogP) is 2.22. The summed E-state index contributed by atoms with van der Waals surface area (Å²) in [5.41, 5.74) is 0. The first-order valence-corrected chi connectivity index (χ1v) is 5.57. The third-order valence-corrected chi connectivity index (χ3v) is 3.54. The van der Waals surface area contributed by atoms with Crippen molar-refractivity contribution in [1.82, 2.24) is 4.90 Å². The van der Waals surface area contributed by atoms with Gasteiger partial charge >= 0.3 is 0 Å². The fourth-order valence-corrected chi connectivity index (χ4v) is 2.52. The van der Waals surface area contributed by atoms with Crippen molar-refractivity contribution in [3.63, 3.8) is 0 Å². The zero-order valence-corrected chi connectivity index (χ0v) is 8.66. The van der Waals surface area contributed by atoms with E-state index in [2.05, 4.69) is 37.6 Å². The molecule has 0 N–H and O–H groups in total. The molecule has 1 atom stereocenters. The molecule has 0 radical (unpaired) electrons. The van der Waals surface area contributed by atoms with E-state index in [1.165, 1.54) is 25.1 Å². The molecule has 1 nitrogen and oxygen atoms in total. The van der Waals surface area contributed by atoms with Gasteiger partial charge in [0.25, 0.3) is 0 Å². The van der Waals surface area contributed by atoms with Crippen LogP contribution in [0.3, 0.4) is 0 Å². The van der Waals surface area contributed by atoms with Crippen molar-refractivity contribution < 1.29 is 0 Å². The van der Waals surface area contributed by atoms with Gasteiger partial charge in [0, 0.05) is 11.8 Å². The first kappa shape index (κ1) is 9.40. The van der Waals surface area contributed by atoms with Crippen molar-refractivity contribution in [2.24, 2.45) is 0 Å². The Bertz CT molecular complexity index is 114. The van der Waals surface area contributed by atoms with Crippen LogP contribution in [0.2, 0.25) is 0 Å². The summed E-state index contributed by atoms with van der Waals surface area (Å²) in [6, 6.07) is 0.863. The highest BCUT2D eigenvalue weighted by Crippen LogP contribution is 2.21. The lowest BCUT2D eigenvalue weighted by Gasteiger charge is -2.19.